The molecule has 1 atom stereocenters. The van der Waals surface area contributed by atoms with E-state index in [0.717, 1.165) is 9.80 Å². The van der Waals surface area contributed by atoms with Crippen LogP contribution in [-0.4, -0.2) is 31.4 Å². The minimum atomic E-state index is -3.70. The van der Waals surface area contributed by atoms with Gasteiger partial charge in [0.15, 0.2) is 0 Å². The number of rotatable bonds is 7. The zero-order chi connectivity index (χ0) is 24.3. The van der Waals surface area contributed by atoms with Crippen LogP contribution in [0.15, 0.2) is 88.7 Å². The molecule has 1 unspecified atom stereocenters. The van der Waals surface area contributed by atoms with Gasteiger partial charge < -0.3 is 5.32 Å². The summed E-state index contributed by atoms with van der Waals surface area (Å²) in [5, 5.41) is 2.05. The van der Waals surface area contributed by atoms with E-state index >= 15 is 0 Å². The predicted molar refractivity (Wildman–Crippen MR) is 131 cm³/mol. The first-order chi connectivity index (χ1) is 16.2. The monoisotopic (exact) mass is 495 g/mol. The molecule has 174 valence electrons. The molecule has 0 spiro atoms. The van der Waals surface area contributed by atoms with Crippen molar-refractivity contribution >= 4 is 56.6 Å². The average Bonchev–Trinajstić information content (AvgIpc) is 3.08. The Morgan fingerprint density at radius 3 is 2.15 bits per heavy atom. The van der Waals surface area contributed by atoms with Crippen molar-refractivity contribution in [1.29, 1.82) is 0 Å². The van der Waals surface area contributed by atoms with E-state index in [1.807, 2.05) is 0 Å². The number of hydrogen-bond donors (Lipinski definition) is 2. The molecule has 1 saturated heterocycles. The second-order valence-electron chi connectivity index (χ2n) is 7.55. The number of carbonyl (C=O) groups excluding carboxylic acids is 3. The second kappa shape index (κ2) is 9.70. The largest absolute Gasteiger partial charge is 0.326 e. The number of thioether (sulfide) groups is 1. The van der Waals surface area contributed by atoms with Crippen LogP contribution < -0.4 is 14.9 Å². The van der Waals surface area contributed by atoms with Crippen molar-refractivity contribution in [2.24, 2.45) is 0 Å². The third kappa shape index (κ3) is 5.29. The molecule has 3 aromatic rings. The average molecular weight is 496 g/mol. The van der Waals surface area contributed by atoms with E-state index in [2.05, 4.69) is 10.0 Å². The summed E-state index contributed by atoms with van der Waals surface area (Å²) in [5.41, 5.74) is 1.41. The molecule has 8 nitrogen and oxygen atoms in total. The molecule has 4 rings (SSSR count). The lowest BCUT2D eigenvalue weighted by Gasteiger charge is -2.15. The number of sulfonamides is 1. The summed E-state index contributed by atoms with van der Waals surface area (Å²) in [7, 11) is -3.70. The quantitative estimate of drug-likeness (QED) is 0.481. The van der Waals surface area contributed by atoms with Crippen LogP contribution >= 0.6 is 11.8 Å². The van der Waals surface area contributed by atoms with Crippen molar-refractivity contribution in [1.82, 2.24) is 0 Å². The maximum atomic E-state index is 12.9. The molecule has 0 saturated carbocycles. The van der Waals surface area contributed by atoms with Gasteiger partial charge in [-0.05, 0) is 60.7 Å². The van der Waals surface area contributed by atoms with Crippen LogP contribution in [0, 0.1) is 0 Å². The summed E-state index contributed by atoms with van der Waals surface area (Å²) in [6, 6.07) is 21.2. The summed E-state index contributed by atoms with van der Waals surface area (Å²) in [5.74, 6) is -0.838. The molecule has 0 radical (unpaired) electrons. The molecule has 10 heteroatoms. The summed E-state index contributed by atoms with van der Waals surface area (Å²) in [6.07, 6.45) is 0.0549. The van der Waals surface area contributed by atoms with Crippen LogP contribution in [0.1, 0.15) is 13.3 Å². The van der Waals surface area contributed by atoms with Crippen molar-refractivity contribution < 1.29 is 22.8 Å². The van der Waals surface area contributed by atoms with E-state index in [4.69, 9.17) is 0 Å². The molecule has 34 heavy (non-hydrogen) atoms. The first-order valence-corrected chi connectivity index (χ1v) is 12.7. The molecule has 3 amide bonds. The zero-order valence-corrected chi connectivity index (χ0v) is 19.7. The fourth-order valence-corrected chi connectivity index (χ4v) is 5.58. The van der Waals surface area contributed by atoms with E-state index in [9.17, 15) is 22.8 Å². The topological polar surface area (TPSA) is 113 Å². The molecule has 1 aliphatic heterocycles. The normalized spacial score (nSPS) is 15.9. The lowest BCUT2D eigenvalue weighted by atomic mass is 10.2. The van der Waals surface area contributed by atoms with Gasteiger partial charge in [-0.1, -0.05) is 18.2 Å². The smallest absolute Gasteiger partial charge is 0.261 e. The lowest BCUT2D eigenvalue weighted by Crippen LogP contribution is -2.31. The minimum absolute atomic E-state index is 0.0549. The van der Waals surface area contributed by atoms with Gasteiger partial charge in [0, 0.05) is 29.6 Å². The Bertz CT molecular complexity index is 1330. The summed E-state index contributed by atoms with van der Waals surface area (Å²) < 4.78 is 27.5. The zero-order valence-electron chi connectivity index (χ0n) is 18.1. The first-order valence-electron chi connectivity index (χ1n) is 10.3. The third-order valence-electron chi connectivity index (χ3n) is 4.99. The van der Waals surface area contributed by atoms with Crippen LogP contribution in [0.5, 0.6) is 0 Å². The summed E-state index contributed by atoms with van der Waals surface area (Å²) in [6.45, 7) is 1.40. The Hall–Kier alpha value is -3.63. The molecular weight excluding hydrogens is 474 g/mol. The van der Waals surface area contributed by atoms with Crippen LogP contribution in [0.2, 0.25) is 0 Å². The molecular formula is C24H21N3O5S2. The highest BCUT2D eigenvalue weighted by atomic mass is 32.2. The van der Waals surface area contributed by atoms with E-state index in [1.165, 1.54) is 30.8 Å². The van der Waals surface area contributed by atoms with Crippen LogP contribution in [0.4, 0.5) is 17.1 Å². The third-order valence-corrected chi connectivity index (χ3v) is 7.58. The Balaban J connectivity index is 1.42. The molecule has 1 aliphatic rings. The molecule has 0 aliphatic carbocycles. The van der Waals surface area contributed by atoms with Gasteiger partial charge in [0.25, 0.3) is 10.0 Å². The Kier molecular flexibility index (Phi) is 6.71. The van der Waals surface area contributed by atoms with Crippen molar-refractivity contribution in [3.63, 3.8) is 0 Å². The molecule has 1 heterocycles. The van der Waals surface area contributed by atoms with E-state index in [1.54, 1.807) is 66.7 Å². The van der Waals surface area contributed by atoms with Crippen molar-refractivity contribution in [2.75, 3.05) is 14.9 Å². The van der Waals surface area contributed by atoms with Gasteiger partial charge in [0.2, 0.25) is 17.7 Å². The van der Waals surface area contributed by atoms with Crippen molar-refractivity contribution in [3.8, 4) is 0 Å². The Morgan fingerprint density at radius 1 is 0.912 bits per heavy atom. The highest BCUT2D eigenvalue weighted by Crippen LogP contribution is 2.35. The minimum Gasteiger partial charge on any atom is -0.326 e. The maximum absolute atomic E-state index is 12.9. The first kappa shape index (κ1) is 23.5. The van der Waals surface area contributed by atoms with Crippen molar-refractivity contribution in [3.05, 3.63) is 78.9 Å². The van der Waals surface area contributed by atoms with E-state index in [0.29, 0.717) is 17.1 Å². The van der Waals surface area contributed by atoms with Gasteiger partial charge in [-0.25, -0.2) is 13.3 Å². The molecule has 0 bridgehead atoms. The Morgan fingerprint density at radius 2 is 1.53 bits per heavy atom. The number of nitrogens with one attached hydrogen (secondary N) is 2. The number of carbonyl (C=O) groups is 3. The molecule has 2 N–H and O–H groups in total. The van der Waals surface area contributed by atoms with Gasteiger partial charge in [0.1, 0.15) is 0 Å². The number of hydrogen-bond acceptors (Lipinski definition) is 6. The van der Waals surface area contributed by atoms with E-state index < -0.39 is 15.3 Å². The SMILES string of the molecule is CC(=O)Nc1ccc(N2C(=O)CC(Sc3ccc(NS(=O)(=O)c4ccccc4)cc3)C2=O)cc1. The van der Waals surface area contributed by atoms with Gasteiger partial charge in [-0.2, -0.15) is 0 Å². The van der Waals surface area contributed by atoms with E-state index in [-0.39, 0.29) is 29.0 Å². The van der Waals surface area contributed by atoms with Gasteiger partial charge in [-0.15, -0.1) is 11.8 Å². The lowest BCUT2D eigenvalue weighted by molar-refractivity contribution is -0.121. The van der Waals surface area contributed by atoms with Crippen LogP contribution in [0.3, 0.4) is 0 Å². The molecule has 3 aromatic carbocycles. The Labute approximate surface area is 201 Å². The number of benzene rings is 3. The fourth-order valence-electron chi connectivity index (χ4n) is 3.44. The van der Waals surface area contributed by atoms with Gasteiger partial charge >= 0.3 is 0 Å². The number of amides is 3. The number of imide groups is 1. The second-order valence-corrected chi connectivity index (χ2v) is 10.5. The summed E-state index contributed by atoms with van der Waals surface area (Å²) in [4.78, 5) is 38.7. The van der Waals surface area contributed by atoms with Crippen LogP contribution in [0.25, 0.3) is 0 Å². The highest BCUT2D eigenvalue weighted by Gasteiger charge is 2.40. The van der Waals surface area contributed by atoms with Gasteiger partial charge in [-0.3, -0.25) is 19.1 Å². The molecule has 1 fully saturated rings. The fraction of sp³-hybridized carbons (Fsp3) is 0.125. The molecule has 0 aromatic heterocycles. The summed E-state index contributed by atoms with van der Waals surface area (Å²) >= 11 is 1.25. The predicted octanol–water partition coefficient (Wildman–Crippen LogP) is 3.87. The highest BCUT2D eigenvalue weighted by molar-refractivity contribution is 8.00. The van der Waals surface area contributed by atoms with Gasteiger partial charge in [0.05, 0.1) is 15.8 Å². The standard InChI is InChI=1S/C24H21N3O5S2/c1-16(28)25-17-7-11-19(12-8-17)27-23(29)15-22(24(27)30)33-20-13-9-18(10-14-20)26-34(31,32)21-5-3-2-4-6-21/h2-14,22,26H,15H2,1H3,(H,25,28). The number of anilines is 3. The van der Waals surface area contributed by atoms with Crippen LogP contribution in [-0.2, 0) is 24.4 Å². The number of nitrogens with zero attached hydrogens (tertiary/aromatic N) is 1. The van der Waals surface area contributed by atoms with Crippen molar-refractivity contribution in [2.45, 2.75) is 28.4 Å². The maximum Gasteiger partial charge on any atom is 0.261 e.